The first-order valence-corrected chi connectivity index (χ1v) is 12.1. The van der Waals surface area contributed by atoms with Crippen molar-refractivity contribution in [1.29, 1.82) is 0 Å². The Hall–Kier alpha value is -3.18. The molecule has 2 aliphatic rings. The zero-order chi connectivity index (χ0) is 22.9. The molecule has 5 rings (SSSR count). The molecule has 1 amide bonds. The molecule has 1 heterocycles. The average Bonchev–Trinajstić information content (AvgIpc) is 2.98. The number of fused-ring (bicyclic) bond motifs is 1. The quantitative estimate of drug-likeness (QED) is 0.432. The zero-order valence-electron chi connectivity index (χ0n) is 18.4. The van der Waals surface area contributed by atoms with Crippen molar-refractivity contribution in [2.45, 2.75) is 38.1 Å². The number of benzene rings is 3. The highest BCUT2D eigenvalue weighted by Crippen LogP contribution is 2.47. The normalized spacial score (nSPS) is 19.9. The third kappa shape index (κ3) is 4.02. The first-order valence-electron chi connectivity index (χ1n) is 11.3. The minimum atomic E-state index is -0.481. The number of rotatable bonds is 3. The summed E-state index contributed by atoms with van der Waals surface area (Å²) in [5, 5.41) is 3.57. The molecule has 1 aliphatic heterocycles. The van der Waals surface area contributed by atoms with Crippen molar-refractivity contribution in [2.75, 3.05) is 10.2 Å². The van der Waals surface area contributed by atoms with E-state index in [1.807, 2.05) is 78.6 Å². The predicted molar refractivity (Wildman–Crippen MR) is 135 cm³/mol. The fraction of sp³-hybridized carbons (Fsp3) is 0.214. The Kier molecular flexibility index (Phi) is 5.90. The Labute approximate surface area is 202 Å². The number of para-hydroxylation sites is 2. The predicted octanol–water partition coefficient (Wildman–Crippen LogP) is 6.76. The molecular weight excluding hydrogens is 476 g/mol. The van der Waals surface area contributed by atoms with Gasteiger partial charge in [-0.15, -0.1) is 0 Å². The van der Waals surface area contributed by atoms with Gasteiger partial charge in [-0.2, -0.15) is 0 Å². The number of amides is 1. The van der Waals surface area contributed by atoms with Crippen LogP contribution in [-0.4, -0.2) is 11.7 Å². The van der Waals surface area contributed by atoms with Crippen LogP contribution in [0.3, 0.4) is 0 Å². The van der Waals surface area contributed by atoms with Crippen molar-refractivity contribution in [2.24, 2.45) is 0 Å². The summed E-state index contributed by atoms with van der Waals surface area (Å²) in [4.78, 5) is 29.0. The van der Waals surface area contributed by atoms with Gasteiger partial charge in [-0.25, -0.2) is 0 Å². The number of carbonyl (C=O) groups excluding carboxylic acids is 2. The first-order chi connectivity index (χ1) is 16.1. The maximum absolute atomic E-state index is 13.8. The fourth-order valence-corrected chi connectivity index (χ4v) is 5.41. The molecule has 0 spiro atoms. The lowest BCUT2D eigenvalue weighted by molar-refractivity contribution is -0.119. The fourth-order valence-electron chi connectivity index (χ4n) is 4.99. The van der Waals surface area contributed by atoms with Crippen LogP contribution in [0.15, 0.2) is 94.6 Å². The van der Waals surface area contributed by atoms with Gasteiger partial charge >= 0.3 is 0 Å². The molecule has 5 heteroatoms. The van der Waals surface area contributed by atoms with Crippen LogP contribution in [0.5, 0.6) is 0 Å². The lowest BCUT2D eigenvalue weighted by atomic mass is 9.78. The van der Waals surface area contributed by atoms with Gasteiger partial charge in [0.1, 0.15) is 0 Å². The SMILES string of the molecule is CCC(=O)N1c2ccccc2NC2=C(C(=O)C[C@@H](c3ccccc3)C2)[C@H]1c1cccc(Br)c1. The van der Waals surface area contributed by atoms with E-state index in [-0.39, 0.29) is 17.6 Å². The second kappa shape index (κ2) is 8.99. The van der Waals surface area contributed by atoms with Gasteiger partial charge in [0.15, 0.2) is 5.78 Å². The van der Waals surface area contributed by atoms with Gasteiger partial charge in [-0.1, -0.05) is 77.5 Å². The van der Waals surface area contributed by atoms with Crippen LogP contribution < -0.4 is 10.2 Å². The Bertz CT molecular complexity index is 1250. The summed E-state index contributed by atoms with van der Waals surface area (Å²) in [6.07, 6.45) is 1.50. The van der Waals surface area contributed by atoms with E-state index in [1.165, 1.54) is 0 Å². The summed E-state index contributed by atoms with van der Waals surface area (Å²) in [6, 6.07) is 25.5. The number of hydrogen-bond acceptors (Lipinski definition) is 3. The highest BCUT2D eigenvalue weighted by molar-refractivity contribution is 9.10. The smallest absolute Gasteiger partial charge is 0.227 e. The average molecular weight is 501 g/mol. The van der Waals surface area contributed by atoms with Crippen LogP contribution in [0.25, 0.3) is 0 Å². The van der Waals surface area contributed by atoms with E-state index in [4.69, 9.17) is 0 Å². The summed E-state index contributed by atoms with van der Waals surface area (Å²) in [5.41, 5.74) is 5.33. The van der Waals surface area contributed by atoms with Gasteiger partial charge in [0.05, 0.1) is 17.4 Å². The molecule has 0 bridgehead atoms. The Morgan fingerprint density at radius 3 is 2.45 bits per heavy atom. The van der Waals surface area contributed by atoms with E-state index in [0.29, 0.717) is 18.4 Å². The van der Waals surface area contributed by atoms with Gasteiger partial charge in [-0.3, -0.25) is 14.5 Å². The summed E-state index contributed by atoms with van der Waals surface area (Å²) in [6.45, 7) is 1.87. The number of nitrogens with zero attached hydrogens (tertiary/aromatic N) is 1. The monoisotopic (exact) mass is 500 g/mol. The molecule has 0 radical (unpaired) electrons. The van der Waals surface area contributed by atoms with E-state index >= 15 is 0 Å². The highest BCUT2D eigenvalue weighted by atomic mass is 79.9. The summed E-state index contributed by atoms with van der Waals surface area (Å²) >= 11 is 3.58. The van der Waals surface area contributed by atoms with Crippen LogP contribution in [-0.2, 0) is 9.59 Å². The van der Waals surface area contributed by atoms with Crippen LogP contribution in [0.2, 0.25) is 0 Å². The molecule has 4 nitrogen and oxygen atoms in total. The molecule has 3 aromatic carbocycles. The molecule has 2 atom stereocenters. The maximum Gasteiger partial charge on any atom is 0.227 e. The second-order valence-electron chi connectivity index (χ2n) is 8.55. The summed E-state index contributed by atoms with van der Waals surface area (Å²) in [5.74, 6) is 0.180. The molecule has 0 aromatic heterocycles. The molecule has 0 saturated carbocycles. The number of halogens is 1. The number of hydrogen-bond donors (Lipinski definition) is 1. The van der Waals surface area contributed by atoms with Crippen molar-refractivity contribution in [3.8, 4) is 0 Å². The van der Waals surface area contributed by atoms with E-state index in [9.17, 15) is 9.59 Å². The molecule has 166 valence electrons. The van der Waals surface area contributed by atoms with E-state index < -0.39 is 6.04 Å². The zero-order valence-corrected chi connectivity index (χ0v) is 20.0. The molecule has 33 heavy (non-hydrogen) atoms. The molecule has 0 unspecified atom stereocenters. The number of carbonyl (C=O) groups is 2. The van der Waals surface area contributed by atoms with Crippen molar-refractivity contribution in [3.05, 3.63) is 106 Å². The van der Waals surface area contributed by atoms with Crippen molar-refractivity contribution >= 4 is 39.0 Å². The standard InChI is InChI=1S/C28H25BrN2O2/c1-2-26(33)31-24-14-7-6-13-22(24)30-23-16-20(18-9-4-3-5-10-18)17-25(32)27(23)28(31)19-11-8-12-21(29)15-19/h3-15,20,28,30H,2,16-17H2,1H3/t20-,28+/m0/s1. The second-order valence-corrected chi connectivity index (χ2v) is 9.46. The largest absolute Gasteiger partial charge is 0.357 e. The number of Topliss-reactive ketones (excluding diaryl/α,β-unsaturated/α-hetero) is 1. The maximum atomic E-state index is 13.8. The van der Waals surface area contributed by atoms with E-state index in [2.05, 4.69) is 33.4 Å². The lowest BCUT2D eigenvalue weighted by Gasteiger charge is -2.35. The number of nitrogens with one attached hydrogen (secondary N) is 1. The molecule has 0 saturated heterocycles. The topological polar surface area (TPSA) is 49.4 Å². The summed E-state index contributed by atoms with van der Waals surface area (Å²) in [7, 11) is 0. The van der Waals surface area contributed by atoms with E-state index in [0.717, 1.165) is 39.1 Å². The summed E-state index contributed by atoms with van der Waals surface area (Å²) < 4.78 is 0.918. The Morgan fingerprint density at radius 1 is 0.970 bits per heavy atom. The van der Waals surface area contributed by atoms with Gasteiger partial charge in [0.25, 0.3) is 0 Å². The minimum Gasteiger partial charge on any atom is -0.357 e. The minimum absolute atomic E-state index is 0.0130. The van der Waals surface area contributed by atoms with Crippen molar-refractivity contribution < 1.29 is 9.59 Å². The number of allylic oxidation sites excluding steroid dienone is 1. The van der Waals surface area contributed by atoms with Crippen LogP contribution >= 0.6 is 15.9 Å². The molecule has 0 fully saturated rings. The molecule has 3 aromatic rings. The third-order valence-electron chi connectivity index (χ3n) is 6.50. The van der Waals surface area contributed by atoms with E-state index in [1.54, 1.807) is 0 Å². The first kappa shape index (κ1) is 21.7. The lowest BCUT2D eigenvalue weighted by Crippen LogP contribution is -2.38. The van der Waals surface area contributed by atoms with Crippen molar-refractivity contribution in [3.63, 3.8) is 0 Å². The van der Waals surface area contributed by atoms with Crippen molar-refractivity contribution in [1.82, 2.24) is 0 Å². The van der Waals surface area contributed by atoms with Gasteiger partial charge in [0, 0.05) is 28.6 Å². The number of anilines is 2. The molecule has 1 aliphatic carbocycles. The molecular formula is C28H25BrN2O2. The van der Waals surface area contributed by atoms with Crippen LogP contribution in [0.1, 0.15) is 49.3 Å². The Morgan fingerprint density at radius 2 is 1.70 bits per heavy atom. The van der Waals surface area contributed by atoms with Gasteiger partial charge in [0.2, 0.25) is 5.91 Å². The highest BCUT2D eigenvalue weighted by Gasteiger charge is 2.41. The van der Waals surface area contributed by atoms with Crippen LogP contribution in [0, 0.1) is 0 Å². The molecule has 1 N–H and O–H groups in total. The van der Waals surface area contributed by atoms with Gasteiger partial charge in [-0.05, 0) is 47.7 Å². The van der Waals surface area contributed by atoms with Crippen LogP contribution in [0.4, 0.5) is 11.4 Å². The number of ketones is 1. The third-order valence-corrected chi connectivity index (χ3v) is 6.99. The van der Waals surface area contributed by atoms with Gasteiger partial charge < -0.3 is 5.32 Å². The Balaban J connectivity index is 1.72.